The van der Waals surface area contributed by atoms with Gasteiger partial charge in [-0.2, -0.15) is 4.31 Å². The molecule has 0 saturated heterocycles. The van der Waals surface area contributed by atoms with Crippen molar-refractivity contribution in [3.05, 3.63) is 49.4 Å². The molecule has 2 heterocycles. The Hall–Kier alpha value is -1.71. The molecule has 0 bridgehead atoms. The van der Waals surface area contributed by atoms with Crippen LogP contribution < -0.4 is 11.2 Å². The SMILES string of the molecule is CN(Cc1cccs1)S(=O)(=O)c1cn(C)c(=O)n(C)c1=O. The van der Waals surface area contributed by atoms with Crippen LogP contribution in [0, 0.1) is 0 Å². The molecule has 2 rings (SSSR count). The lowest BCUT2D eigenvalue weighted by atomic mass is 10.5. The first-order valence-electron chi connectivity index (χ1n) is 6.00. The zero-order chi connectivity index (χ0) is 15.8. The summed E-state index contributed by atoms with van der Waals surface area (Å²) in [6.45, 7) is 0.173. The Morgan fingerprint density at radius 1 is 1.29 bits per heavy atom. The van der Waals surface area contributed by atoms with Gasteiger partial charge in [-0.05, 0) is 11.4 Å². The molecule has 0 aromatic carbocycles. The molecule has 2 aromatic rings. The van der Waals surface area contributed by atoms with Crippen LogP contribution in [0.4, 0.5) is 0 Å². The van der Waals surface area contributed by atoms with E-state index < -0.39 is 26.2 Å². The molecule has 0 spiro atoms. The Morgan fingerprint density at radius 2 is 1.95 bits per heavy atom. The van der Waals surface area contributed by atoms with E-state index in [1.807, 2.05) is 17.5 Å². The highest BCUT2D eigenvalue weighted by Gasteiger charge is 2.26. The molecule has 0 fully saturated rings. The maximum atomic E-state index is 12.5. The molecule has 2 aromatic heterocycles. The van der Waals surface area contributed by atoms with Gasteiger partial charge in [-0.3, -0.25) is 9.36 Å². The fourth-order valence-electron chi connectivity index (χ4n) is 1.83. The number of nitrogens with zero attached hydrogens (tertiary/aromatic N) is 3. The number of thiophene rings is 1. The third kappa shape index (κ3) is 2.85. The van der Waals surface area contributed by atoms with Crippen LogP contribution in [-0.2, 0) is 30.7 Å². The van der Waals surface area contributed by atoms with Gasteiger partial charge in [-0.15, -0.1) is 11.3 Å². The van der Waals surface area contributed by atoms with Crippen LogP contribution in [0.15, 0.2) is 38.2 Å². The maximum Gasteiger partial charge on any atom is 0.330 e. The highest BCUT2D eigenvalue weighted by Crippen LogP contribution is 2.16. The van der Waals surface area contributed by atoms with E-state index in [2.05, 4.69) is 0 Å². The summed E-state index contributed by atoms with van der Waals surface area (Å²) >= 11 is 1.43. The highest BCUT2D eigenvalue weighted by molar-refractivity contribution is 7.89. The summed E-state index contributed by atoms with van der Waals surface area (Å²) in [5, 5.41) is 1.85. The lowest BCUT2D eigenvalue weighted by Crippen LogP contribution is -2.41. The zero-order valence-electron chi connectivity index (χ0n) is 11.8. The number of aromatic nitrogens is 2. The second-order valence-electron chi connectivity index (χ2n) is 4.59. The molecule has 0 radical (unpaired) electrons. The highest BCUT2D eigenvalue weighted by atomic mass is 32.2. The van der Waals surface area contributed by atoms with E-state index in [0.29, 0.717) is 0 Å². The summed E-state index contributed by atoms with van der Waals surface area (Å²) in [5.74, 6) is 0. The predicted molar refractivity (Wildman–Crippen MR) is 79.9 cm³/mol. The van der Waals surface area contributed by atoms with Gasteiger partial charge < -0.3 is 4.57 Å². The van der Waals surface area contributed by atoms with E-state index >= 15 is 0 Å². The van der Waals surface area contributed by atoms with Gasteiger partial charge >= 0.3 is 5.69 Å². The second kappa shape index (κ2) is 5.58. The number of rotatable bonds is 4. The topological polar surface area (TPSA) is 81.4 Å². The Labute approximate surface area is 125 Å². The van der Waals surface area contributed by atoms with Crippen molar-refractivity contribution in [1.82, 2.24) is 13.4 Å². The summed E-state index contributed by atoms with van der Waals surface area (Å²) in [4.78, 5) is 24.1. The second-order valence-corrected chi connectivity index (χ2v) is 7.64. The van der Waals surface area contributed by atoms with Gasteiger partial charge in [-0.25, -0.2) is 13.2 Å². The fraction of sp³-hybridized carbons (Fsp3) is 0.333. The molecular weight excluding hydrogens is 314 g/mol. The first kappa shape index (κ1) is 15.7. The molecule has 0 saturated carbocycles. The van der Waals surface area contributed by atoms with Crippen molar-refractivity contribution < 1.29 is 8.42 Å². The molecule has 0 atom stereocenters. The number of hydrogen-bond acceptors (Lipinski definition) is 5. The Bertz CT molecular complexity index is 863. The van der Waals surface area contributed by atoms with Crippen molar-refractivity contribution in [3.63, 3.8) is 0 Å². The molecule has 0 aliphatic rings. The first-order valence-corrected chi connectivity index (χ1v) is 8.32. The Balaban J connectivity index is 2.50. The van der Waals surface area contributed by atoms with Crippen LogP contribution in [-0.4, -0.2) is 28.9 Å². The van der Waals surface area contributed by atoms with Gasteiger partial charge in [0.1, 0.15) is 0 Å². The van der Waals surface area contributed by atoms with E-state index in [-0.39, 0.29) is 6.54 Å². The van der Waals surface area contributed by atoms with Crippen LogP contribution in [0.1, 0.15) is 4.88 Å². The van der Waals surface area contributed by atoms with Gasteiger partial charge in [0.2, 0.25) is 10.0 Å². The van der Waals surface area contributed by atoms with Crippen LogP contribution in [0.5, 0.6) is 0 Å². The van der Waals surface area contributed by atoms with E-state index in [9.17, 15) is 18.0 Å². The van der Waals surface area contributed by atoms with Gasteiger partial charge in [0.25, 0.3) is 5.56 Å². The number of sulfonamides is 1. The van der Waals surface area contributed by atoms with Crippen molar-refractivity contribution in [2.75, 3.05) is 7.05 Å². The maximum absolute atomic E-state index is 12.5. The van der Waals surface area contributed by atoms with Gasteiger partial charge in [0.15, 0.2) is 4.90 Å². The van der Waals surface area contributed by atoms with E-state index in [4.69, 9.17) is 0 Å². The molecule has 0 aliphatic heterocycles. The molecule has 114 valence electrons. The fourth-order valence-corrected chi connectivity index (χ4v) is 3.96. The molecule has 0 N–H and O–H groups in total. The van der Waals surface area contributed by atoms with E-state index in [1.165, 1.54) is 32.5 Å². The Morgan fingerprint density at radius 3 is 2.52 bits per heavy atom. The number of aryl methyl sites for hydroxylation is 1. The van der Waals surface area contributed by atoms with Gasteiger partial charge in [0, 0.05) is 38.8 Å². The van der Waals surface area contributed by atoms with E-state index in [0.717, 1.165) is 24.5 Å². The molecule has 7 nitrogen and oxygen atoms in total. The van der Waals surface area contributed by atoms with Crippen molar-refractivity contribution in [3.8, 4) is 0 Å². The zero-order valence-corrected chi connectivity index (χ0v) is 13.4. The van der Waals surface area contributed by atoms with Crippen molar-refractivity contribution in [1.29, 1.82) is 0 Å². The van der Waals surface area contributed by atoms with Crippen LogP contribution >= 0.6 is 11.3 Å². The summed E-state index contributed by atoms with van der Waals surface area (Å²) in [6, 6.07) is 3.64. The lowest BCUT2D eigenvalue weighted by molar-refractivity contribution is 0.465. The molecule has 9 heteroatoms. The van der Waals surface area contributed by atoms with Crippen LogP contribution in [0.2, 0.25) is 0 Å². The average Bonchev–Trinajstić information content (AvgIpc) is 2.93. The average molecular weight is 329 g/mol. The standard InChI is InChI=1S/C12H15N3O4S2/c1-13-8-10(11(16)15(3)12(13)17)21(18,19)14(2)7-9-5-4-6-20-9/h4-6,8H,7H2,1-3H3. The normalized spacial score (nSPS) is 12.0. The monoisotopic (exact) mass is 329 g/mol. The molecule has 21 heavy (non-hydrogen) atoms. The van der Waals surface area contributed by atoms with Crippen LogP contribution in [0.25, 0.3) is 0 Å². The molecule has 0 aliphatic carbocycles. The van der Waals surface area contributed by atoms with E-state index in [1.54, 1.807) is 0 Å². The lowest BCUT2D eigenvalue weighted by Gasteiger charge is -2.16. The summed E-state index contributed by atoms with van der Waals surface area (Å²) in [6.07, 6.45) is 1.06. The van der Waals surface area contributed by atoms with Crippen molar-refractivity contribution in [2.24, 2.45) is 14.1 Å². The minimum Gasteiger partial charge on any atom is -0.302 e. The Kier molecular flexibility index (Phi) is 4.17. The molecule has 0 unspecified atom stereocenters. The third-order valence-corrected chi connectivity index (χ3v) is 5.71. The molecule has 0 amide bonds. The minimum atomic E-state index is -3.96. The van der Waals surface area contributed by atoms with Crippen LogP contribution in [0.3, 0.4) is 0 Å². The summed E-state index contributed by atoms with van der Waals surface area (Å²) < 4.78 is 28.0. The quantitative estimate of drug-likeness (QED) is 0.788. The minimum absolute atomic E-state index is 0.173. The van der Waals surface area contributed by atoms with Gasteiger partial charge in [-0.1, -0.05) is 6.07 Å². The molecular formula is C12H15N3O4S2. The number of hydrogen-bond donors (Lipinski definition) is 0. The summed E-state index contributed by atoms with van der Waals surface area (Å²) in [5.41, 5.74) is -1.39. The largest absolute Gasteiger partial charge is 0.330 e. The van der Waals surface area contributed by atoms with Crippen molar-refractivity contribution in [2.45, 2.75) is 11.4 Å². The third-order valence-electron chi connectivity index (χ3n) is 3.06. The smallest absolute Gasteiger partial charge is 0.302 e. The van der Waals surface area contributed by atoms with Crippen molar-refractivity contribution >= 4 is 21.4 Å². The summed E-state index contributed by atoms with van der Waals surface area (Å²) in [7, 11) is 0.0976. The van der Waals surface area contributed by atoms with Gasteiger partial charge in [0.05, 0.1) is 0 Å². The predicted octanol–water partition coefficient (Wildman–Crippen LogP) is -0.0338. The first-order chi connectivity index (χ1) is 9.75.